The van der Waals surface area contributed by atoms with Crippen molar-refractivity contribution in [3.05, 3.63) is 57.6 Å². The monoisotopic (exact) mass is 229 g/mol. The number of rotatable bonds is 3. The maximum Gasteiger partial charge on any atom is 0.346 e. The standard InChI is InChI=1S/C13H15N3O/c1-2-9-3-5-10(6-4-9)7-11-8-15-13(17)16-12(11)14/h3-6,8H,2,7H2,1H3,(H3,14,15,16,17). The number of aryl methyl sites for hydroxylation is 1. The van der Waals surface area contributed by atoms with Crippen molar-refractivity contribution in [3.8, 4) is 0 Å². The number of nitrogens with two attached hydrogens (primary N) is 1. The molecule has 2 aromatic rings. The number of H-pyrrole nitrogens is 1. The zero-order chi connectivity index (χ0) is 12.3. The third-order valence-corrected chi connectivity index (χ3v) is 2.75. The van der Waals surface area contributed by atoms with Crippen molar-refractivity contribution in [2.45, 2.75) is 19.8 Å². The molecule has 0 atom stereocenters. The fraction of sp³-hybridized carbons (Fsp3) is 0.231. The van der Waals surface area contributed by atoms with E-state index < -0.39 is 5.69 Å². The van der Waals surface area contributed by atoms with Gasteiger partial charge in [-0.25, -0.2) is 9.78 Å². The highest BCUT2D eigenvalue weighted by Gasteiger charge is 2.02. The summed E-state index contributed by atoms with van der Waals surface area (Å²) in [5.41, 5.74) is 8.62. The number of anilines is 1. The van der Waals surface area contributed by atoms with E-state index in [1.807, 2.05) is 0 Å². The van der Waals surface area contributed by atoms with E-state index in [-0.39, 0.29) is 0 Å². The predicted molar refractivity (Wildman–Crippen MR) is 67.9 cm³/mol. The second-order valence-electron chi connectivity index (χ2n) is 3.97. The molecule has 0 fully saturated rings. The van der Waals surface area contributed by atoms with E-state index in [0.717, 1.165) is 17.5 Å². The van der Waals surface area contributed by atoms with Crippen LogP contribution < -0.4 is 11.4 Å². The Labute approximate surface area is 99.5 Å². The number of nitrogen functional groups attached to an aromatic ring is 1. The molecule has 0 saturated carbocycles. The summed E-state index contributed by atoms with van der Waals surface area (Å²) in [5, 5.41) is 0. The lowest BCUT2D eigenvalue weighted by Gasteiger charge is -2.05. The van der Waals surface area contributed by atoms with Gasteiger partial charge in [0.1, 0.15) is 5.82 Å². The van der Waals surface area contributed by atoms with Gasteiger partial charge in [-0.2, -0.15) is 0 Å². The Morgan fingerprint density at radius 3 is 2.47 bits per heavy atom. The molecule has 88 valence electrons. The predicted octanol–water partition coefficient (Wildman–Crippen LogP) is 1.51. The smallest absolute Gasteiger partial charge is 0.346 e. The molecule has 0 amide bonds. The van der Waals surface area contributed by atoms with Gasteiger partial charge in [0.15, 0.2) is 0 Å². The van der Waals surface area contributed by atoms with Gasteiger partial charge >= 0.3 is 5.69 Å². The SMILES string of the molecule is CCc1ccc(Cc2cnc(=O)[nH]c2N)cc1. The maximum atomic E-state index is 10.9. The molecule has 0 saturated heterocycles. The molecule has 0 bridgehead atoms. The minimum atomic E-state index is -0.410. The summed E-state index contributed by atoms with van der Waals surface area (Å²) in [6, 6.07) is 8.35. The average Bonchev–Trinajstić information content (AvgIpc) is 2.34. The highest BCUT2D eigenvalue weighted by molar-refractivity contribution is 5.40. The zero-order valence-corrected chi connectivity index (χ0v) is 9.73. The van der Waals surface area contributed by atoms with Gasteiger partial charge in [-0.3, -0.25) is 4.98 Å². The van der Waals surface area contributed by atoms with E-state index in [0.29, 0.717) is 12.2 Å². The van der Waals surface area contributed by atoms with Crippen molar-refractivity contribution in [2.75, 3.05) is 5.73 Å². The Bertz CT molecular complexity index is 558. The summed E-state index contributed by atoms with van der Waals surface area (Å²) >= 11 is 0. The van der Waals surface area contributed by atoms with Gasteiger partial charge < -0.3 is 5.73 Å². The summed E-state index contributed by atoms with van der Waals surface area (Å²) in [4.78, 5) is 17.1. The van der Waals surface area contributed by atoms with Crippen LogP contribution in [-0.2, 0) is 12.8 Å². The number of hydrogen-bond donors (Lipinski definition) is 2. The molecule has 0 aliphatic heterocycles. The van der Waals surface area contributed by atoms with Crippen LogP contribution in [0.3, 0.4) is 0 Å². The van der Waals surface area contributed by atoms with Crippen LogP contribution in [0.1, 0.15) is 23.6 Å². The molecule has 4 heteroatoms. The van der Waals surface area contributed by atoms with Gasteiger partial charge in [0, 0.05) is 18.2 Å². The minimum absolute atomic E-state index is 0.393. The van der Waals surface area contributed by atoms with E-state index in [9.17, 15) is 4.79 Å². The van der Waals surface area contributed by atoms with Crippen molar-refractivity contribution >= 4 is 5.82 Å². The summed E-state index contributed by atoms with van der Waals surface area (Å²) in [7, 11) is 0. The lowest BCUT2D eigenvalue weighted by molar-refractivity contribution is 1.02. The van der Waals surface area contributed by atoms with Crippen molar-refractivity contribution in [2.24, 2.45) is 0 Å². The third kappa shape index (κ3) is 2.72. The first kappa shape index (κ1) is 11.4. The Morgan fingerprint density at radius 2 is 1.88 bits per heavy atom. The first-order valence-corrected chi connectivity index (χ1v) is 5.60. The molecule has 2 rings (SSSR count). The van der Waals surface area contributed by atoms with Crippen LogP contribution in [0.15, 0.2) is 35.3 Å². The first-order valence-electron chi connectivity index (χ1n) is 5.60. The molecule has 17 heavy (non-hydrogen) atoms. The number of aromatic nitrogens is 2. The number of nitrogens with one attached hydrogen (secondary N) is 1. The maximum absolute atomic E-state index is 10.9. The van der Waals surface area contributed by atoms with E-state index in [1.165, 1.54) is 11.8 Å². The van der Waals surface area contributed by atoms with Crippen LogP contribution in [0.4, 0.5) is 5.82 Å². The van der Waals surface area contributed by atoms with E-state index in [1.54, 1.807) is 0 Å². The highest BCUT2D eigenvalue weighted by Crippen LogP contribution is 2.13. The lowest BCUT2D eigenvalue weighted by atomic mass is 10.0. The largest absolute Gasteiger partial charge is 0.385 e. The Kier molecular flexibility index (Phi) is 3.23. The Morgan fingerprint density at radius 1 is 1.24 bits per heavy atom. The number of hydrogen-bond acceptors (Lipinski definition) is 3. The molecule has 3 N–H and O–H groups in total. The van der Waals surface area contributed by atoms with Crippen LogP contribution in [-0.4, -0.2) is 9.97 Å². The van der Waals surface area contributed by atoms with Gasteiger partial charge in [0.05, 0.1) is 0 Å². The van der Waals surface area contributed by atoms with Crippen LogP contribution in [0.5, 0.6) is 0 Å². The van der Waals surface area contributed by atoms with Gasteiger partial charge in [0.2, 0.25) is 0 Å². The summed E-state index contributed by atoms with van der Waals surface area (Å²) in [6.07, 6.45) is 3.24. The molecule has 0 unspecified atom stereocenters. The van der Waals surface area contributed by atoms with Crippen LogP contribution in [0.25, 0.3) is 0 Å². The number of aromatic amines is 1. The molecule has 0 spiro atoms. The lowest BCUT2D eigenvalue weighted by Crippen LogP contribution is -2.14. The highest BCUT2D eigenvalue weighted by atomic mass is 16.1. The summed E-state index contributed by atoms with van der Waals surface area (Å²) in [6.45, 7) is 2.12. The third-order valence-electron chi connectivity index (χ3n) is 2.75. The van der Waals surface area contributed by atoms with Crippen molar-refractivity contribution in [1.29, 1.82) is 0 Å². The molecule has 0 radical (unpaired) electrons. The Hall–Kier alpha value is -2.10. The molecule has 0 aliphatic rings. The average molecular weight is 229 g/mol. The van der Waals surface area contributed by atoms with E-state index in [4.69, 9.17) is 5.73 Å². The van der Waals surface area contributed by atoms with E-state index >= 15 is 0 Å². The molecule has 1 aromatic heterocycles. The van der Waals surface area contributed by atoms with Crippen molar-refractivity contribution in [3.63, 3.8) is 0 Å². The molecule has 4 nitrogen and oxygen atoms in total. The van der Waals surface area contributed by atoms with Crippen LogP contribution in [0, 0.1) is 0 Å². The van der Waals surface area contributed by atoms with Crippen molar-refractivity contribution in [1.82, 2.24) is 9.97 Å². The summed E-state index contributed by atoms with van der Waals surface area (Å²) in [5.74, 6) is 0.393. The van der Waals surface area contributed by atoms with E-state index in [2.05, 4.69) is 41.2 Å². The minimum Gasteiger partial charge on any atom is -0.385 e. The summed E-state index contributed by atoms with van der Waals surface area (Å²) < 4.78 is 0. The van der Waals surface area contributed by atoms with Gasteiger partial charge in [-0.15, -0.1) is 0 Å². The van der Waals surface area contributed by atoms with Gasteiger partial charge in [-0.05, 0) is 17.5 Å². The van der Waals surface area contributed by atoms with Crippen molar-refractivity contribution < 1.29 is 0 Å². The topological polar surface area (TPSA) is 71.8 Å². The molecule has 1 aromatic carbocycles. The second-order valence-corrected chi connectivity index (χ2v) is 3.97. The molecular weight excluding hydrogens is 214 g/mol. The number of nitrogens with zero attached hydrogens (tertiary/aromatic N) is 1. The molecule has 1 heterocycles. The molecule has 0 aliphatic carbocycles. The molecular formula is C13H15N3O. The number of benzene rings is 1. The first-order chi connectivity index (χ1) is 8.19. The van der Waals surface area contributed by atoms with Crippen LogP contribution >= 0.6 is 0 Å². The normalized spacial score (nSPS) is 10.4. The fourth-order valence-corrected chi connectivity index (χ4v) is 1.69. The fourth-order valence-electron chi connectivity index (χ4n) is 1.69. The van der Waals surface area contributed by atoms with Gasteiger partial charge in [-0.1, -0.05) is 31.2 Å². The Balaban J connectivity index is 2.22. The van der Waals surface area contributed by atoms with Gasteiger partial charge in [0.25, 0.3) is 0 Å². The zero-order valence-electron chi connectivity index (χ0n) is 9.73. The quantitative estimate of drug-likeness (QED) is 0.837. The van der Waals surface area contributed by atoms with Crippen LogP contribution in [0.2, 0.25) is 0 Å². The second kappa shape index (κ2) is 4.82.